The Morgan fingerprint density at radius 3 is 1.21 bits per heavy atom. The van der Waals surface area contributed by atoms with E-state index in [2.05, 4.69) is 31.9 Å². The van der Waals surface area contributed by atoms with Gasteiger partial charge in [0.1, 0.15) is 34.5 Å². The van der Waals surface area contributed by atoms with Gasteiger partial charge in [-0.15, -0.1) is 0 Å². The molecule has 0 aliphatic carbocycles. The van der Waals surface area contributed by atoms with Gasteiger partial charge < -0.3 is 29.2 Å². The summed E-state index contributed by atoms with van der Waals surface area (Å²) in [5.41, 5.74) is 0. The SMILES string of the molecule is COc1cc(Br)c(O)c2c1cc(OC)c1ccc3ccc4c(OC)cc5c(OC)cc(Br)c(O)c5c4c3c12. The van der Waals surface area contributed by atoms with E-state index in [4.69, 9.17) is 18.9 Å². The summed E-state index contributed by atoms with van der Waals surface area (Å²) in [5, 5.41) is 30.3. The predicted molar refractivity (Wildman–Crippen MR) is 159 cm³/mol. The lowest BCUT2D eigenvalue weighted by atomic mass is 9.89. The van der Waals surface area contributed by atoms with Crippen LogP contribution < -0.4 is 18.9 Å². The normalized spacial score (nSPS) is 11.6. The van der Waals surface area contributed by atoms with Crippen molar-refractivity contribution < 1.29 is 29.2 Å². The van der Waals surface area contributed by atoms with Crippen LogP contribution in [0.5, 0.6) is 34.5 Å². The fourth-order valence-electron chi connectivity index (χ4n) is 5.50. The molecule has 0 saturated carbocycles. The molecule has 0 aromatic heterocycles. The van der Waals surface area contributed by atoms with Crippen molar-refractivity contribution in [3.05, 3.63) is 57.5 Å². The van der Waals surface area contributed by atoms with E-state index in [1.165, 1.54) is 0 Å². The van der Waals surface area contributed by atoms with Gasteiger partial charge in [0.05, 0.1) is 37.4 Å². The largest absolute Gasteiger partial charge is 0.506 e. The molecule has 6 nitrogen and oxygen atoms in total. The molecule has 0 radical (unpaired) electrons. The first-order chi connectivity index (χ1) is 18.3. The van der Waals surface area contributed by atoms with E-state index >= 15 is 0 Å². The van der Waals surface area contributed by atoms with E-state index in [1.807, 2.05) is 36.4 Å². The second-order valence-electron chi connectivity index (χ2n) is 8.90. The molecule has 0 saturated heterocycles. The van der Waals surface area contributed by atoms with Gasteiger partial charge in [-0.3, -0.25) is 0 Å². The number of aromatic hydroxyl groups is 2. The number of halogens is 2. The Hall–Kier alpha value is -3.62. The Kier molecular flexibility index (Phi) is 5.85. The summed E-state index contributed by atoms with van der Waals surface area (Å²) in [6, 6.07) is 15.2. The van der Waals surface area contributed by atoms with Crippen LogP contribution in [0.4, 0.5) is 0 Å². The van der Waals surface area contributed by atoms with Crippen LogP contribution in [0.3, 0.4) is 0 Å². The maximum absolute atomic E-state index is 11.4. The van der Waals surface area contributed by atoms with Crippen molar-refractivity contribution >= 4 is 85.7 Å². The van der Waals surface area contributed by atoms with E-state index < -0.39 is 0 Å². The Balaban J connectivity index is 2.07. The molecule has 6 rings (SSSR count). The molecule has 0 atom stereocenters. The molecule has 192 valence electrons. The molecule has 38 heavy (non-hydrogen) atoms. The zero-order chi connectivity index (χ0) is 26.9. The predicted octanol–water partition coefficient (Wildman–Crippen LogP) is 8.42. The fraction of sp³-hybridized carbons (Fsp3) is 0.133. The minimum atomic E-state index is 0.0770. The van der Waals surface area contributed by atoms with Gasteiger partial charge in [0.2, 0.25) is 0 Å². The number of ether oxygens (including phenoxy) is 4. The number of phenols is 2. The lowest BCUT2D eigenvalue weighted by Crippen LogP contribution is -1.94. The molecular weight excluding hydrogens is 616 g/mol. The number of methoxy groups -OCH3 is 4. The van der Waals surface area contributed by atoms with Gasteiger partial charge in [0.25, 0.3) is 0 Å². The van der Waals surface area contributed by atoms with Gasteiger partial charge in [-0.1, -0.05) is 12.1 Å². The average molecular weight is 638 g/mol. The number of benzene rings is 6. The highest BCUT2D eigenvalue weighted by Gasteiger charge is 2.23. The molecule has 6 aromatic carbocycles. The minimum Gasteiger partial charge on any atom is -0.506 e. The van der Waals surface area contributed by atoms with Crippen LogP contribution in [0, 0.1) is 0 Å². The van der Waals surface area contributed by atoms with Crippen LogP contribution in [-0.4, -0.2) is 38.7 Å². The van der Waals surface area contributed by atoms with E-state index in [1.54, 1.807) is 40.6 Å². The van der Waals surface area contributed by atoms with Gasteiger partial charge in [-0.05, 0) is 79.0 Å². The highest BCUT2D eigenvalue weighted by atomic mass is 79.9. The molecule has 0 aliphatic rings. The van der Waals surface area contributed by atoms with E-state index in [0.717, 1.165) is 32.3 Å². The summed E-state index contributed by atoms with van der Waals surface area (Å²) in [5.74, 6) is 2.57. The van der Waals surface area contributed by atoms with Crippen molar-refractivity contribution in [2.75, 3.05) is 28.4 Å². The Labute approximate surface area is 234 Å². The molecule has 2 N–H and O–H groups in total. The van der Waals surface area contributed by atoms with Gasteiger partial charge >= 0.3 is 0 Å². The second kappa shape index (κ2) is 8.99. The number of hydrogen-bond acceptors (Lipinski definition) is 6. The summed E-state index contributed by atoms with van der Waals surface area (Å²) in [6.07, 6.45) is 0. The second-order valence-corrected chi connectivity index (χ2v) is 10.6. The fourth-order valence-corrected chi connectivity index (χ4v) is 6.31. The highest BCUT2D eigenvalue weighted by molar-refractivity contribution is 9.11. The third kappa shape index (κ3) is 3.29. The zero-order valence-electron chi connectivity index (χ0n) is 20.9. The van der Waals surface area contributed by atoms with Crippen LogP contribution in [0.15, 0.2) is 57.5 Å². The minimum absolute atomic E-state index is 0.0770. The maximum atomic E-state index is 11.4. The smallest absolute Gasteiger partial charge is 0.138 e. The van der Waals surface area contributed by atoms with Crippen LogP contribution >= 0.6 is 31.9 Å². The highest BCUT2D eigenvalue weighted by Crippen LogP contribution is 2.52. The number of phenolic OH excluding ortho intramolecular Hbond substituents is 2. The third-order valence-corrected chi connectivity index (χ3v) is 8.37. The monoisotopic (exact) mass is 636 g/mol. The number of fused-ring (bicyclic) bond motifs is 9. The number of rotatable bonds is 4. The summed E-state index contributed by atoms with van der Waals surface area (Å²) >= 11 is 7.00. The van der Waals surface area contributed by atoms with Gasteiger partial charge in [0.15, 0.2) is 0 Å². The summed E-state index contributed by atoms with van der Waals surface area (Å²) < 4.78 is 24.1. The molecule has 8 heteroatoms. The molecule has 0 aliphatic heterocycles. The molecule has 0 bridgehead atoms. The molecule has 0 unspecified atom stereocenters. The summed E-state index contributed by atoms with van der Waals surface area (Å²) in [6.45, 7) is 0. The maximum Gasteiger partial charge on any atom is 0.138 e. The third-order valence-electron chi connectivity index (χ3n) is 7.16. The van der Waals surface area contributed by atoms with E-state index in [9.17, 15) is 10.2 Å². The molecule has 0 fully saturated rings. The molecule has 0 amide bonds. The summed E-state index contributed by atoms with van der Waals surface area (Å²) in [4.78, 5) is 0. The van der Waals surface area contributed by atoms with Crippen molar-refractivity contribution in [3.8, 4) is 34.5 Å². The van der Waals surface area contributed by atoms with E-state index in [0.29, 0.717) is 53.5 Å². The standard InChI is InChI=1S/C30H22Br2O6/c1-35-20-9-16-22(37-3)11-18(31)29(33)27(16)25-14(20)7-5-13-6-8-15-21(36-2)10-17-23(38-4)12-19(32)30(34)28(17)26(15)24(13)25/h5-12,33-34H,1-4H3. The van der Waals surface area contributed by atoms with Gasteiger partial charge in [0, 0.05) is 43.1 Å². The van der Waals surface area contributed by atoms with Crippen molar-refractivity contribution in [3.63, 3.8) is 0 Å². The first kappa shape index (κ1) is 24.7. The van der Waals surface area contributed by atoms with Crippen molar-refractivity contribution in [1.82, 2.24) is 0 Å². The lowest BCUT2D eigenvalue weighted by Gasteiger charge is -2.19. The van der Waals surface area contributed by atoms with Crippen LogP contribution in [0.25, 0.3) is 53.9 Å². The van der Waals surface area contributed by atoms with Crippen molar-refractivity contribution in [2.45, 2.75) is 0 Å². The number of hydrogen-bond donors (Lipinski definition) is 2. The van der Waals surface area contributed by atoms with E-state index in [-0.39, 0.29) is 11.5 Å². The Bertz CT molecular complexity index is 1830. The van der Waals surface area contributed by atoms with Gasteiger partial charge in [-0.25, -0.2) is 0 Å². The van der Waals surface area contributed by atoms with Crippen LogP contribution in [-0.2, 0) is 0 Å². The first-order valence-electron chi connectivity index (χ1n) is 11.7. The van der Waals surface area contributed by atoms with Crippen molar-refractivity contribution in [2.24, 2.45) is 0 Å². The summed E-state index contributed by atoms with van der Waals surface area (Å²) in [7, 11) is 6.41. The molecule has 0 heterocycles. The molecule has 6 aromatic rings. The van der Waals surface area contributed by atoms with Crippen LogP contribution in [0.1, 0.15) is 0 Å². The average Bonchev–Trinajstić information content (AvgIpc) is 2.94. The van der Waals surface area contributed by atoms with Crippen LogP contribution in [0.2, 0.25) is 0 Å². The Morgan fingerprint density at radius 2 is 0.842 bits per heavy atom. The topological polar surface area (TPSA) is 77.4 Å². The van der Waals surface area contributed by atoms with Crippen molar-refractivity contribution in [1.29, 1.82) is 0 Å². The quantitative estimate of drug-likeness (QED) is 0.189. The molecular formula is C30H22Br2O6. The lowest BCUT2D eigenvalue weighted by molar-refractivity contribution is 0.414. The van der Waals surface area contributed by atoms with Gasteiger partial charge in [-0.2, -0.15) is 0 Å². The zero-order valence-corrected chi connectivity index (χ0v) is 24.1. The Morgan fingerprint density at radius 1 is 0.474 bits per heavy atom. The molecule has 0 spiro atoms. The first-order valence-corrected chi connectivity index (χ1v) is 13.2.